The molecule has 0 aromatic heterocycles. The SMILES string of the molecule is CCCNc1ccc2c(c1)Nc1cc(N(C)C)ccc1S2.CN(C)c1ccc2c(c1)Nc1cc(N(CCO)CCO)ccc1S2.Cc1cc2c(cc1N(C)C)Nc1cc(N(C)C)ccc1S2. The average molecular weight is 944 g/mol. The van der Waals surface area contributed by atoms with Gasteiger partial charge in [0, 0.05) is 140 Å². The second-order valence-corrected chi connectivity index (χ2v) is 20.4. The summed E-state index contributed by atoms with van der Waals surface area (Å²) in [5.41, 5.74) is 15.2. The van der Waals surface area contributed by atoms with Crippen LogP contribution in [-0.2, 0) is 0 Å². The second-order valence-electron chi connectivity index (χ2n) is 17.2. The van der Waals surface area contributed by atoms with Gasteiger partial charge in [-0.15, -0.1) is 0 Å². The molecule has 0 saturated carbocycles. The molecule has 0 saturated heterocycles. The minimum Gasteiger partial charge on any atom is -0.395 e. The predicted octanol–water partition coefficient (Wildman–Crippen LogP) is 11.9. The summed E-state index contributed by atoms with van der Waals surface area (Å²) in [6.45, 7) is 6.50. The maximum absolute atomic E-state index is 9.23. The van der Waals surface area contributed by atoms with Gasteiger partial charge in [-0.1, -0.05) is 42.2 Å². The van der Waals surface area contributed by atoms with E-state index in [1.165, 1.54) is 80.4 Å². The first kappa shape index (κ1) is 48.4. The molecule has 0 amide bonds. The lowest BCUT2D eigenvalue weighted by Gasteiger charge is -2.27. The van der Waals surface area contributed by atoms with E-state index in [0.29, 0.717) is 13.1 Å². The lowest BCUT2D eigenvalue weighted by Crippen LogP contribution is -2.29. The maximum Gasteiger partial charge on any atom is 0.0606 e. The first-order valence-corrected chi connectivity index (χ1v) is 24.8. The van der Waals surface area contributed by atoms with Gasteiger partial charge in [0.1, 0.15) is 0 Å². The number of nitrogens with one attached hydrogen (secondary N) is 4. The molecule has 14 heteroatoms. The molecule has 3 aliphatic heterocycles. The highest BCUT2D eigenvalue weighted by Crippen LogP contribution is 2.49. The van der Waals surface area contributed by atoms with E-state index in [0.717, 1.165) is 35.7 Å². The third-order valence-corrected chi connectivity index (χ3v) is 14.8. The summed E-state index contributed by atoms with van der Waals surface area (Å²) in [5.74, 6) is 0. The smallest absolute Gasteiger partial charge is 0.0606 e. The van der Waals surface area contributed by atoms with Crippen LogP contribution in [-0.4, -0.2) is 99.4 Å². The van der Waals surface area contributed by atoms with E-state index < -0.39 is 0 Å². The molecule has 66 heavy (non-hydrogen) atoms. The number of fused-ring (bicyclic) bond motifs is 6. The van der Waals surface area contributed by atoms with Crippen molar-refractivity contribution >= 4 is 104 Å². The molecule has 3 heterocycles. The molecule has 0 bridgehead atoms. The molecule has 348 valence electrons. The van der Waals surface area contributed by atoms with Gasteiger partial charge in [0.05, 0.1) is 47.3 Å². The highest BCUT2D eigenvalue weighted by Gasteiger charge is 2.21. The Morgan fingerprint density at radius 1 is 0.455 bits per heavy atom. The minimum absolute atomic E-state index is 0.0638. The van der Waals surface area contributed by atoms with E-state index in [-0.39, 0.29) is 13.2 Å². The number of benzene rings is 6. The van der Waals surface area contributed by atoms with Crippen molar-refractivity contribution in [1.82, 2.24) is 0 Å². The summed E-state index contributed by atoms with van der Waals surface area (Å²) in [6, 6.07) is 36.8. The summed E-state index contributed by atoms with van der Waals surface area (Å²) in [5, 5.41) is 32.6. The summed E-state index contributed by atoms with van der Waals surface area (Å²) in [7, 11) is 16.5. The number of anilines is 12. The number of hydrogen-bond donors (Lipinski definition) is 6. The van der Waals surface area contributed by atoms with Gasteiger partial charge in [0.2, 0.25) is 0 Å². The van der Waals surface area contributed by atoms with E-state index in [4.69, 9.17) is 0 Å². The Kier molecular flexibility index (Phi) is 16.0. The molecule has 9 rings (SSSR count). The van der Waals surface area contributed by atoms with Crippen LogP contribution < -0.4 is 45.8 Å². The largest absolute Gasteiger partial charge is 0.395 e. The van der Waals surface area contributed by atoms with Gasteiger partial charge in [0.15, 0.2) is 0 Å². The zero-order valence-electron chi connectivity index (χ0n) is 39.9. The third-order valence-electron chi connectivity index (χ3n) is 11.3. The van der Waals surface area contributed by atoms with Crippen molar-refractivity contribution in [2.24, 2.45) is 0 Å². The monoisotopic (exact) mass is 943 g/mol. The van der Waals surface area contributed by atoms with Crippen molar-refractivity contribution < 1.29 is 10.2 Å². The predicted molar refractivity (Wildman–Crippen MR) is 288 cm³/mol. The van der Waals surface area contributed by atoms with Crippen LogP contribution in [0.2, 0.25) is 0 Å². The standard InChI is InChI=1S/C18H23N3O2S.2C17H21N3S/c1-20(2)13-3-5-17-15(11-13)19-16-12-14(4-6-18(16)24-17)21(7-9-22)8-10-23;1-11-8-17-14(10-15(11)20(4)5)18-13-9-12(19(2)3)6-7-16(13)21-17;1-4-9-18-12-5-7-16-14(10-12)19-15-11-13(20(2)3)6-8-17(15)21-16/h3-6,11-12,19,22-23H,7-10H2,1-2H3;6-10,18H,1-5H3;5-8,10-11,18-19H,4,9H2,1-3H3. The van der Waals surface area contributed by atoms with Gasteiger partial charge in [-0.05, 0) is 122 Å². The van der Waals surface area contributed by atoms with Crippen molar-refractivity contribution in [3.63, 3.8) is 0 Å². The minimum atomic E-state index is 0.0638. The molecule has 3 aliphatic rings. The summed E-state index contributed by atoms with van der Waals surface area (Å²) in [4.78, 5) is 18.0. The molecule has 6 N–H and O–H groups in total. The van der Waals surface area contributed by atoms with Gasteiger partial charge in [-0.25, -0.2) is 0 Å². The van der Waals surface area contributed by atoms with E-state index in [2.05, 4.69) is 194 Å². The summed E-state index contributed by atoms with van der Waals surface area (Å²) in [6.07, 6.45) is 1.13. The first-order valence-electron chi connectivity index (χ1n) is 22.3. The van der Waals surface area contributed by atoms with Crippen molar-refractivity contribution in [3.05, 3.63) is 109 Å². The van der Waals surface area contributed by atoms with Crippen LogP contribution in [0.4, 0.5) is 68.2 Å². The molecule has 6 aromatic carbocycles. The van der Waals surface area contributed by atoms with Crippen molar-refractivity contribution in [3.8, 4) is 0 Å². The van der Waals surface area contributed by atoms with E-state index in [9.17, 15) is 10.2 Å². The molecule has 11 nitrogen and oxygen atoms in total. The quantitative estimate of drug-likeness (QED) is 0.0700. The third kappa shape index (κ3) is 11.5. The van der Waals surface area contributed by atoms with Crippen molar-refractivity contribution in [2.75, 3.05) is 135 Å². The number of rotatable bonds is 12. The van der Waals surface area contributed by atoms with Crippen molar-refractivity contribution in [1.29, 1.82) is 0 Å². The molecule has 0 fully saturated rings. The van der Waals surface area contributed by atoms with E-state index in [1.807, 2.05) is 48.6 Å². The zero-order valence-corrected chi connectivity index (χ0v) is 42.4. The van der Waals surface area contributed by atoms with Crippen LogP contribution in [0.25, 0.3) is 0 Å². The van der Waals surface area contributed by atoms with E-state index >= 15 is 0 Å². The number of aliphatic hydroxyl groups excluding tert-OH is 2. The molecule has 0 atom stereocenters. The maximum atomic E-state index is 9.23. The zero-order chi connectivity index (χ0) is 47.1. The second kappa shape index (κ2) is 21.9. The topological polar surface area (TPSA) is 105 Å². The van der Waals surface area contributed by atoms with Crippen LogP contribution in [0.15, 0.2) is 133 Å². The van der Waals surface area contributed by atoms with Gasteiger partial charge >= 0.3 is 0 Å². The van der Waals surface area contributed by atoms with Crippen LogP contribution in [0, 0.1) is 6.92 Å². The highest BCUT2D eigenvalue weighted by molar-refractivity contribution is 8.00. The average Bonchev–Trinajstić information content (AvgIpc) is 3.30. The molecular formula is C52H65N9O2S3. The fraction of sp³-hybridized carbons (Fsp3) is 0.308. The molecular weight excluding hydrogens is 879 g/mol. The van der Waals surface area contributed by atoms with Crippen molar-refractivity contribution in [2.45, 2.75) is 49.6 Å². The Morgan fingerprint density at radius 2 is 0.833 bits per heavy atom. The highest BCUT2D eigenvalue weighted by atomic mass is 32.2. The molecule has 0 aliphatic carbocycles. The molecule has 0 spiro atoms. The Bertz CT molecular complexity index is 2630. The Balaban J connectivity index is 0.000000148. The lowest BCUT2D eigenvalue weighted by atomic mass is 10.1. The van der Waals surface area contributed by atoms with Gasteiger partial charge < -0.3 is 56.0 Å². The summed E-state index contributed by atoms with van der Waals surface area (Å²) >= 11 is 5.42. The van der Waals surface area contributed by atoms with Gasteiger partial charge in [0.25, 0.3) is 0 Å². The Labute approximate surface area is 405 Å². The van der Waals surface area contributed by atoms with E-state index in [1.54, 1.807) is 11.8 Å². The Morgan fingerprint density at radius 3 is 1.24 bits per heavy atom. The van der Waals surface area contributed by atoms with Gasteiger partial charge in [-0.3, -0.25) is 0 Å². The molecule has 0 unspecified atom stereocenters. The Hall–Kier alpha value is -5.51. The normalized spacial score (nSPS) is 12.2. The number of aliphatic hydroxyl groups is 2. The van der Waals surface area contributed by atoms with Crippen LogP contribution in [0.1, 0.15) is 18.9 Å². The lowest BCUT2D eigenvalue weighted by molar-refractivity contribution is 0.281. The summed E-state index contributed by atoms with van der Waals surface area (Å²) < 4.78 is 0. The van der Waals surface area contributed by atoms with Crippen LogP contribution >= 0.6 is 35.3 Å². The van der Waals surface area contributed by atoms with Crippen LogP contribution in [0.5, 0.6) is 0 Å². The first-order chi connectivity index (χ1) is 31.7. The number of nitrogens with zero attached hydrogens (tertiary/aromatic N) is 5. The fourth-order valence-corrected chi connectivity index (χ4v) is 10.6. The van der Waals surface area contributed by atoms with Crippen LogP contribution in [0.3, 0.4) is 0 Å². The fourth-order valence-electron chi connectivity index (χ4n) is 7.68. The molecule has 6 aromatic rings. The van der Waals surface area contributed by atoms with Gasteiger partial charge in [-0.2, -0.15) is 0 Å². The molecule has 0 radical (unpaired) electrons. The number of aryl methyl sites for hydroxylation is 1. The number of hydrogen-bond acceptors (Lipinski definition) is 14.